The molecular weight excluding hydrogens is 306 g/mol. The van der Waals surface area contributed by atoms with E-state index in [1.54, 1.807) is 6.92 Å². The third-order valence-electron chi connectivity index (χ3n) is 2.31. The normalized spacial score (nSPS) is 12.8. The molecule has 1 heterocycles. The van der Waals surface area contributed by atoms with Crippen molar-refractivity contribution in [3.8, 4) is 0 Å². The number of methoxy groups -OCH3 is 1. The summed E-state index contributed by atoms with van der Waals surface area (Å²) >= 11 is 0.919. The molecule has 0 aliphatic carbocycles. The van der Waals surface area contributed by atoms with Crippen LogP contribution in [0.15, 0.2) is 16.3 Å². The zero-order valence-electron chi connectivity index (χ0n) is 11.2. The Kier molecular flexibility index (Phi) is 5.66. The van der Waals surface area contributed by atoms with Crippen LogP contribution in [-0.4, -0.2) is 40.1 Å². The second-order valence-corrected chi connectivity index (χ2v) is 6.24. The predicted octanol–water partition coefficient (Wildman–Crippen LogP) is 0.765. The minimum Gasteiger partial charge on any atom is -0.465 e. The number of thiophene rings is 1. The van der Waals surface area contributed by atoms with E-state index in [0.29, 0.717) is 0 Å². The highest BCUT2D eigenvalue weighted by Gasteiger charge is 2.28. The second kappa shape index (κ2) is 6.82. The van der Waals surface area contributed by atoms with Gasteiger partial charge in [-0.05, 0) is 25.3 Å². The largest absolute Gasteiger partial charge is 0.465 e. The summed E-state index contributed by atoms with van der Waals surface area (Å²) in [5.41, 5.74) is 0. The standard InChI is InChI=1S/C11H15NO6S2/c1-4-18-7(2)10(13)12-20(15,16)8-5-6-19-9(8)11(14)17-3/h5-7H,4H2,1-3H3,(H,12,13)/t7-/m0/s1. The molecule has 0 spiro atoms. The van der Waals surface area contributed by atoms with Gasteiger partial charge >= 0.3 is 5.97 Å². The van der Waals surface area contributed by atoms with Gasteiger partial charge in [0, 0.05) is 6.61 Å². The number of sulfonamides is 1. The molecule has 0 bridgehead atoms. The van der Waals surface area contributed by atoms with E-state index in [-0.39, 0.29) is 16.4 Å². The summed E-state index contributed by atoms with van der Waals surface area (Å²) in [7, 11) is -2.99. The molecule has 1 atom stereocenters. The number of rotatable bonds is 6. The molecule has 1 amide bonds. The van der Waals surface area contributed by atoms with Gasteiger partial charge in [0.1, 0.15) is 15.9 Å². The van der Waals surface area contributed by atoms with Gasteiger partial charge in [-0.25, -0.2) is 17.9 Å². The number of hydrogen-bond acceptors (Lipinski definition) is 7. The maximum atomic E-state index is 12.1. The van der Waals surface area contributed by atoms with Gasteiger partial charge in [-0.15, -0.1) is 11.3 Å². The van der Waals surface area contributed by atoms with Crippen LogP contribution in [-0.2, 0) is 24.3 Å². The van der Waals surface area contributed by atoms with E-state index >= 15 is 0 Å². The van der Waals surface area contributed by atoms with Crippen molar-refractivity contribution in [3.63, 3.8) is 0 Å². The lowest BCUT2D eigenvalue weighted by molar-refractivity contribution is -0.129. The van der Waals surface area contributed by atoms with E-state index in [9.17, 15) is 18.0 Å². The molecule has 20 heavy (non-hydrogen) atoms. The molecule has 0 unspecified atom stereocenters. The summed E-state index contributed by atoms with van der Waals surface area (Å²) in [5.74, 6) is -1.57. The number of esters is 1. The van der Waals surface area contributed by atoms with Crippen LogP contribution >= 0.6 is 11.3 Å². The first-order valence-electron chi connectivity index (χ1n) is 5.67. The zero-order valence-corrected chi connectivity index (χ0v) is 12.8. The summed E-state index contributed by atoms with van der Waals surface area (Å²) < 4.78 is 35.5. The summed E-state index contributed by atoms with van der Waals surface area (Å²) in [6.45, 7) is 3.40. The Balaban J connectivity index is 2.98. The highest BCUT2D eigenvalue weighted by atomic mass is 32.2. The van der Waals surface area contributed by atoms with E-state index < -0.39 is 28.0 Å². The maximum absolute atomic E-state index is 12.1. The fraction of sp³-hybridized carbons (Fsp3) is 0.455. The Labute approximate surface area is 120 Å². The van der Waals surface area contributed by atoms with Crippen LogP contribution in [0.3, 0.4) is 0 Å². The Morgan fingerprint density at radius 1 is 1.45 bits per heavy atom. The zero-order chi connectivity index (χ0) is 15.3. The van der Waals surface area contributed by atoms with Crippen LogP contribution in [0.2, 0.25) is 0 Å². The van der Waals surface area contributed by atoms with Crippen molar-refractivity contribution in [2.75, 3.05) is 13.7 Å². The van der Waals surface area contributed by atoms with Gasteiger partial charge < -0.3 is 9.47 Å². The van der Waals surface area contributed by atoms with Crippen molar-refractivity contribution >= 4 is 33.2 Å². The topological polar surface area (TPSA) is 98.8 Å². The third-order valence-corrected chi connectivity index (χ3v) is 4.72. The maximum Gasteiger partial charge on any atom is 0.349 e. The predicted molar refractivity (Wildman–Crippen MR) is 72.1 cm³/mol. The van der Waals surface area contributed by atoms with Crippen molar-refractivity contribution in [3.05, 3.63) is 16.3 Å². The molecule has 1 rings (SSSR count). The fourth-order valence-electron chi connectivity index (χ4n) is 1.35. The first kappa shape index (κ1) is 16.6. The van der Waals surface area contributed by atoms with Gasteiger partial charge in [0.2, 0.25) is 0 Å². The van der Waals surface area contributed by atoms with Gasteiger partial charge in [-0.2, -0.15) is 0 Å². The molecule has 7 nitrogen and oxygen atoms in total. The lowest BCUT2D eigenvalue weighted by Crippen LogP contribution is -2.38. The van der Waals surface area contributed by atoms with Crippen molar-refractivity contribution in [2.24, 2.45) is 0 Å². The third kappa shape index (κ3) is 3.78. The number of ether oxygens (including phenoxy) is 2. The Morgan fingerprint density at radius 3 is 2.65 bits per heavy atom. The molecule has 0 radical (unpaired) electrons. The fourth-order valence-corrected chi connectivity index (χ4v) is 3.73. The number of carbonyl (C=O) groups is 2. The van der Waals surface area contributed by atoms with Gasteiger partial charge in [0.15, 0.2) is 0 Å². The molecular formula is C11H15NO6S2. The van der Waals surface area contributed by atoms with Crippen molar-refractivity contribution in [1.82, 2.24) is 4.72 Å². The smallest absolute Gasteiger partial charge is 0.349 e. The monoisotopic (exact) mass is 321 g/mol. The van der Waals surface area contributed by atoms with Crippen molar-refractivity contribution in [1.29, 1.82) is 0 Å². The van der Waals surface area contributed by atoms with Crippen molar-refractivity contribution < 1.29 is 27.5 Å². The minimum atomic E-state index is -4.14. The van der Waals surface area contributed by atoms with Crippen LogP contribution in [0.25, 0.3) is 0 Å². The van der Waals surface area contributed by atoms with Crippen LogP contribution in [0.4, 0.5) is 0 Å². The van der Waals surface area contributed by atoms with E-state index in [1.165, 1.54) is 18.4 Å². The van der Waals surface area contributed by atoms with E-state index in [1.807, 2.05) is 4.72 Å². The molecule has 1 aromatic rings. The molecule has 1 aromatic heterocycles. The van der Waals surface area contributed by atoms with Gasteiger partial charge in [-0.1, -0.05) is 0 Å². The average Bonchev–Trinajstić information content (AvgIpc) is 2.87. The van der Waals surface area contributed by atoms with E-state index in [0.717, 1.165) is 18.4 Å². The molecule has 0 saturated carbocycles. The Hall–Kier alpha value is -1.45. The Morgan fingerprint density at radius 2 is 2.10 bits per heavy atom. The summed E-state index contributed by atoms with van der Waals surface area (Å²) in [4.78, 5) is 22.7. The van der Waals surface area contributed by atoms with E-state index in [4.69, 9.17) is 4.74 Å². The average molecular weight is 321 g/mol. The summed E-state index contributed by atoms with van der Waals surface area (Å²) in [6, 6.07) is 1.23. The number of nitrogens with one attached hydrogen (secondary N) is 1. The highest BCUT2D eigenvalue weighted by Crippen LogP contribution is 2.22. The molecule has 0 fully saturated rings. The van der Waals surface area contributed by atoms with Gasteiger partial charge in [0.25, 0.3) is 15.9 Å². The van der Waals surface area contributed by atoms with Crippen LogP contribution in [0.5, 0.6) is 0 Å². The lowest BCUT2D eigenvalue weighted by atomic mass is 10.4. The molecule has 112 valence electrons. The highest BCUT2D eigenvalue weighted by molar-refractivity contribution is 7.90. The molecule has 9 heteroatoms. The molecule has 0 aromatic carbocycles. The first-order chi connectivity index (χ1) is 9.33. The summed E-state index contributed by atoms with van der Waals surface area (Å²) in [6.07, 6.45) is -0.907. The molecule has 0 aliphatic rings. The van der Waals surface area contributed by atoms with E-state index in [2.05, 4.69) is 4.74 Å². The van der Waals surface area contributed by atoms with Gasteiger partial charge in [-0.3, -0.25) is 4.79 Å². The quantitative estimate of drug-likeness (QED) is 0.777. The van der Waals surface area contributed by atoms with Gasteiger partial charge in [0.05, 0.1) is 7.11 Å². The van der Waals surface area contributed by atoms with Crippen molar-refractivity contribution in [2.45, 2.75) is 24.8 Å². The summed E-state index contributed by atoms with van der Waals surface area (Å²) in [5, 5.41) is 1.43. The minimum absolute atomic E-state index is 0.0862. The first-order valence-corrected chi connectivity index (χ1v) is 8.03. The van der Waals surface area contributed by atoms with Crippen LogP contribution in [0.1, 0.15) is 23.5 Å². The number of hydrogen-bond donors (Lipinski definition) is 1. The number of amides is 1. The molecule has 0 saturated heterocycles. The molecule has 0 aliphatic heterocycles. The van der Waals surface area contributed by atoms with Crippen LogP contribution < -0.4 is 4.72 Å². The van der Waals surface area contributed by atoms with Crippen LogP contribution in [0, 0.1) is 0 Å². The second-order valence-electron chi connectivity index (χ2n) is 3.67. The Bertz CT molecular complexity index is 592. The number of carbonyl (C=O) groups excluding carboxylic acids is 2. The molecule has 1 N–H and O–H groups in total. The lowest BCUT2D eigenvalue weighted by Gasteiger charge is -2.12. The SMILES string of the molecule is CCO[C@@H](C)C(=O)NS(=O)(=O)c1ccsc1C(=O)OC.